The van der Waals surface area contributed by atoms with Crippen LogP contribution in [0.15, 0.2) is 10.9 Å². The highest BCUT2D eigenvalue weighted by atomic mass is 32.1. The molecule has 0 saturated heterocycles. The summed E-state index contributed by atoms with van der Waals surface area (Å²) in [7, 11) is 0. The molecule has 0 aliphatic heterocycles. The molecule has 0 radical (unpaired) electrons. The van der Waals surface area contributed by atoms with Crippen LogP contribution in [0.3, 0.4) is 0 Å². The fourth-order valence-electron chi connectivity index (χ4n) is 3.81. The molecule has 1 aliphatic carbocycles. The van der Waals surface area contributed by atoms with Crippen molar-refractivity contribution < 1.29 is 14.3 Å². The van der Waals surface area contributed by atoms with Gasteiger partial charge in [0.1, 0.15) is 22.2 Å². The van der Waals surface area contributed by atoms with Crippen LogP contribution in [-0.2, 0) is 28.9 Å². The van der Waals surface area contributed by atoms with Gasteiger partial charge in [-0.2, -0.15) is 0 Å². The lowest BCUT2D eigenvalue weighted by molar-refractivity contribution is -0.116. The summed E-state index contributed by atoms with van der Waals surface area (Å²) in [5.41, 5.74) is 1.23. The third-order valence-corrected chi connectivity index (χ3v) is 7.32. The lowest BCUT2D eigenvalue weighted by Gasteiger charge is -2.12. The molecule has 3 aromatic rings. The Morgan fingerprint density at radius 1 is 1.23 bits per heavy atom. The normalized spacial score (nSPS) is 13.3. The van der Waals surface area contributed by atoms with Crippen molar-refractivity contribution in [3.8, 4) is 0 Å². The number of fused-ring (bicyclic) bond motifs is 2. The fourth-order valence-corrected chi connectivity index (χ4v) is 6.02. The van der Waals surface area contributed by atoms with E-state index in [1.54, 1.807) is 19.9 Å². The van der Waals surface area contributed by atoms with E-state index in [0.717, 1.165) is 41.0 Å². The van der Waals surface area contributed by atoms with Crippen molar-refractivity contribution in [1.29, 1.82) is 0 Å². The molecule has 0 saturated carbocycles. The smallest absolute Gasteiger partial charge is 0.341 e. The van der Waals surface area contributed by atoms with Crippen molar-refractivity contribution in [3.05, 3.63) is 43.1 Å². The van der Waals surface area contributed by atoms with Crippen LogP contribution in [0.4, 0.5) is 5.00 Å². The van der Waals surface area contributed by atoms with Crippen molar-refractivity contribution in [2.24, 2.45) is 0 Å². The molecule has 0 bridgehead atoms. The monoisotopic (exact) mass is 445 g/mol. The van der Waals surface area contributed by atoms with E-state index in [-0.39, 0.29) is 24.6 Å². The SMILES string of the molecule is CCOC(=O)c1c(NC(=O)Cn2c(C)nc3sc(C)cc3c2=O)sc2c1CCCC2. The van der Waals surface area contributed by atoms with Gasteiger partial charge >= 0.3 is 5.97 Å². The molecule has 3 heterocycles. The van der Waals surface area contributed by atoms with Crippen LogP contribution in [-0.4, -0.2) is 28.0 Å². The topological polar surface area (TPSA) is 90.3 Å². The number of aryl methyl sites for hydroxylation is 3. The van der Waals surface area contributed by atoms with Crippen LogP contribution in [0.1, 0.15) is 51.3 Å². The number of thiophene rings is 2. The number of hydrogen-bond acceptors (Lipinski definition) is 7. The second-order valence-electron chi connectivity index (χ2n) is 7.31. The van der Waals surface area contributed by atoms with Crippen LogP contribution >= 0.6 is 22.7 Å². The first-order valence-electron chi connectivity index (χ1n) is 9.98. The summed E-state index contributed by atoms with van der Waals surface area (Å²) in [6.07, 6.45) is 3.80. The zero-order valence-corrected chi connectivity index (χ0v) is 18.8. The molecule has 1 amide bonds. The number of esters is 1. The third-order valence-electron chi connectivity index (χ3n) is 5.17. The average Bonchev–Trinajstić information content (AvgIpc) is 3.24. The van der Waals surface area contributed by atoms with E-state index in [1.165, 1.54) is 27.2 Å². The van der Waals surface area contributed by atoms with Gasteiger partial charge in [-0.25, -0.2) is 9.78 Å². The summed E-state index contributed by atoms with van der Waals surface area (Å²) in [4.78, 5) is 45.5. The Bertz CT molecular complexity index is 1210. The maximum atomic E-state index is 12.8. The van der Waals surface area contributed by atoms with Crippen molar-refractivity contribution >= 4 is 49.8 Å². The summed E-state index contributed by atoms with van der Waals surface area (Å²) in [6.45, 7) is 5.52. The van der Waals surface area contributed by atoms with Gasteiger partial charge in [0.15, 0.2) is 0 Å². The Balaban J connectivity index is 1.64. The molecule has 1 aliphatic rings. The van der Waals surface area contributed by atoms with Gasteiger partial charge in [-0.3, -0.25) is 14.2 Å². The number of nitrogens with one attached hydrogen (secondary N) is 1. The van der Waals surface area contributed by atoms with Crippen LogP contribution in [0.25, 0.3) is 10.2 Å². The minimum atomic E-state index is -0.405. The van der Waals surface area contributed by atoms with E-state index >= 15 is 0 Å². The predicted molar refractivity (Wildman–Crippen MR) is 119 cm³/mol. The summed E-state index contributed by atoms with van der Waals surface area (Å²) < 4.78 is 6.61. The highest BCUT2D eigenvalue weighted by molar-refractivity contribution is 7.18. The van der Waals surface area contributed by atoms with Gasteiger partial charge in [-0.1, -0.05) is 0 Å². The molecule has 0 unspecified atom stereocenters. The maximum Gasteiger partial charge on any atom is 0.341 e. The van der Waals surface area contributed by atoms with E-state index in [4.69, 9.17) is 4.74 Å². The van der Waals surface area contributed by atoms with E-state index in [0.29, 0.717) is 26.6 Å². The van der Waals surface area contributed by atoms with E-state index in [9.17, 15) is 14.4 Å². The molecule has 0 aromatic carbocycles. The maximum absolute atomic E-state index is 12.8. The Hall–Kier alpha value is -2.52. The Kier molecular flexibility index (Phi) is 5.75. The standard InChI is InChI=1S/C21H23N3O4S2/c1-4-28-21(27)17-13-7-5-6-8-15(13)30-19(17)23-16(25)10-24-12(3)22-18-14(20(24)26)9-11(2)29-18/h9H,4-8,10H2,1-3H3,(H,23,25). The summed E-state index contributed by atoms with van der Waals surface area (Å²) in [5.74, 6) is -0.282. The molecule has 3 aromatic heterocycles. The number of ether oxygens (including phenoxy) is 1. The van der Waals surface area contributed by atoms with Crippen molar-refractivity contribution in [2.45, 2.75) is 53.0 Å². The molecular weight excluding hydrogens is 422 g/mol. The van der Waals surface area contributed by atoms with Crippen molar-refractivity contribution in [1.82, 2.24) is 9.55 Å². The third kappa shape index (κ3) is 3.79. The number of rotatable bonds is 5. The van der Waals surface area contributed by atoms with E-state index in [1.807, 2.05) is 6.92 Å². The molecular formula is C21H23N3O4S2. The first-order chi connectivity index (χ1) is 14.4. The van der Waals surface area contributed by atoms with Gasteiger partial charge in [0.2, 0.25) is 5.91 Å². The van der Waals surface area contributed by atoms with Gasteiger partial charge in [0.25, 0.3) is 5.56 Å². The summed E-state index contributed by atoms with van der Waals surface area (Å²) in [6, 6.07) is 1.80. The number of carbonyl (C=O) groups is 2. The van der Waals surface area contributed by atoms with Crippen LogP contribution in [0.5, 0.6) is 0 Å². The quantitative estimate of drug-likeness (QED) is 0.603. The second kappa shape index (κ2) is 8.31. The number of anilines is 1. The first-order valence-corrected chi connectivity index (χ1v) is 11.6. The molecule has 7 nitrogen and oxygen atoms in total. The molecule has 0 spiro atoms. The van der Waals surface area contributed by atoms with Crippen LogP contribution < -0.4 is 10.9 Å². The Morgan fingerprint density at radius 2 is 2.00 bits per heavy atom. The Labute approximate surface area is 181 Å². The largest absolute Gasteiger partial charge is 0.462 e. The number of aromatic nitrogens is 2. The molecule has 30 heavy (non-hydrogen) atoms. The van der Waals surface area contributed by atoms with Gasteiger partial charge in [0.05, 0.1) is 17.6 Å². The zero-order chi connectivity index (χ0) is 21.4. The number of hydrogen-bond donors (Lipinski definition) is 1. The highest BCUT2D eigenvalue weighted by Gasteiger charge is 2.27. The fraction of sp³-hybridized carbons (Fsp3) is 0.429. The van der Waals surface area contributed by atoms with Gasteiger partial charge in [-0.05, 0) is 58.1 Å². The zero-order valence-electron chi connectivity index (χ0n) is 17.2. The molecule has 9 heteroatoms. The molecule has 0 fully saturated rings. The van der Waals surface area contributed by atoms with Crippen LogP contribution in [0, 0.1) is 13.8 Å². The number of amides is 1. The predicted octanol–water partition coefficient (Wildman–Crippen LogP) is 3.83. The van der Waals surface area contributed by atoms with Crippen LogP contribution in [0.2, 0.25) is 0 Å². The van der Waals surface area contributed by atoms with E-state index < -0.39 is 5.97 Å². The lowest BCUT2D eigenvalue weighted by Crippen LogP contribution is -2.30. The Morgan fingerprint density at radius 3 is 2.77 bits per heavy atom. The number of carbonyl (C=O) groups excluding carboxylic acids is 2. The van der Waals surface area contributed by atoms with Crippen molar-refractivity contribution in [2.75, 3.05) is 11.9 Å². The lowest BCUT2D eigenvalue weighted by atomic mass is 9.95. The molecule has 0 atom stereocenters. The summed E-state index contributed by atoms with van der Waals surface area (Å²) in [5, 5.41) is 3.89. The minimum Gasteiger partial charge on any atom is -0.462 e. The van der Waals surface area contributed by atoms with Gasteiger partial charge < -0.3 is 10.1 Å². The second-order valence-corrected chi connectivity index (χ2v) is 9.65. The minimum absolute atomic E-state index is 0.159. The van der Waals surface area contributed by atoms with Gasteiger partial charge in [0, 0.05) is 9.75 Å². The summed E-state index contributed by atoms with van der Waals surface area (Å²) >= 11 is 2.90. The number of nitrogens with zero attached hydrogens (tertiary/aromatic N) is 2. The van der Waals surface area contributed by atoms with Crippen molar-refractivity contribution in [3.63, 3.8) is 0 Å². The average molecular weight is 446 g/mol. The molecule has 1 N–H and O–H groups in total. The van der Waals surface area contributed by atoms with Gasteiger partial charge in [-0.15, -0.1) is 22.7 Å². The molecule has 158 valence electrons. The highest BCUT2D eigenvalue weighted by Crippen LogP contribution is 2.38. The first kappa shape index (κ1) is 20.7. The molecule has 4 rings (SSSR count). The van der Waals surface area contributed by atoms with E-state index in [2.05, 4.69) is 10.3 Å².